The predicted molar refractivity (Wildman–Crippen MR) is 99.2 cm³/mol. The number of hydrogen-bond donors (Lipinski definition) is 1. The van der Waals surface area contributed by atoms with Crippen LogP contribution in [0.2, 0.25) is 0 Å². The highest BCUT2D eigenvalue weighted by atomic mass is 32.2. The van der Waals surface area contributed by atoms with Gasteiger partial charge in [0, 0.05) is 36.8 Å². The molecule has 0 saturated heterocycles. The van der Waals surface area contributed by atoms with E-state index >= 15 is 0 Å². The van der Waals surface area contributed by atoms with Crippen molar-refractivity contribution < 1.29 is 8.42 Å². The molecule has 0 fully saturated rings. The molecule has 0 aliphatic carbocycles. The molecule has 0 bridgehead atoms. The molecule has 3 aromatic heterocycles. The van der Waals surface area contributed by atoms with Gasteiger partial charge in [0.1, 0.15) is 11.6 Å². The lowest BCUT2D eigenvalue weighted by atomic mass is 9.92. The number of hydrogen-bond acceptors (Lipinski definition) is 6. The number of nitrogens with one attached hydrogen (secondary N) is 1. The Labute approximate surface area is 157 Å². The van der Waals surface area contributed by atoms with E-state index in [4.69, 9.17) is 0 Å². The Morgan fingerprint density at radius 2 is 1.89 bits per heavy atom. The molecule has 4 heterocycles. The summed E-state index contributed by atoms with van der Waals surface area (Å²) in [5.41, 5.74) is 0.462. The number of rotatable bonds is 4. The standard InChI is InChI=1S/C17H21N7O2S/c1-17(2,3)12-10-14(24(21-12)16-18-7-5-8-19-16)22-27(25,26)15-11-20-13-6-4-9-23(13)15/h5,7-8,10-11,22H,4,6,9H2,1-3H3. The second-order valence-corrected chi connectivity index (χ2v) is 9.13. The third-order valence-corrected chi connectivity index (χ3v) is 5.77. The average molecular weight is 387 g/mol. The molecule has 4 rings (SSSR count). The molecule has 0 radical (unpaired) electrons. The number of imidazole rings is 1. The van der Waals surface area contributed by atoms with Gasteiger partial charge in [0.2, 0.25) is 0 Å². The Kier molecular flexibility index (Phi) is 4.02. The zero-order valence-corrected chi connectivity index (χ0v) is 16.2. The number of aromatic nitrogens is 6. The summed E-state index contributed by atoms with van der Waals surface area (Å²) >= 11 is 0. The molecule has 10 heteroatoms. The van der Waals surface area contributed by atoms with E-state index in [9.17, 15) is 8.42 Å². The van der Waals surface area contributed by atoms with Crippen LogP contribution in [0.25, 0.3) is 5.95 Å². The Balaban J connectivity index is 1.78. The SMILES string of the molecule is CC(C)(C)c1cc(NS(=O)(=O)c2cnc3n2CCC3)n(-c2ncccn2)n1. The van der Waals surface area contributed by atoms with Crippen LogP contribution < -0.4 is 4.72 Å². The Morgan fingerprint density at radius 3 is 2.59 bits per heavy atom. The van der Waals surface area contributed by atoms with E-state index in [0.29, 0.717) is 18.3 Å². The van der Waals surface area contributed by atoms with Crippen molar-refractivity contribution in [2.75, 3.05) is 4.72 Å². The molecule has 0 aromatic carbocycles. The van der Waals surface area contributed by atoms with Crippen LogP contribution in [0.4, 0.5) is 5.82 Å². The fourth-order valence-corrected chi connectivity index (χ4v) is 4.21. The first-order valence-electron chi connectivity index (χ1n) is 8.71. The number of nitrogens with zero attached hydrogens (tertiary/aromatic N) is 6. The average Bonchev–Trinajstić information content (AvgIpc) is 3.29. The topological polar surface area (TPSA) is 108 Å². The highest BCUT2D eigenvalue weighted by molar-refractivity contribution is 7.92. The Morgan fingerprint density at radius 1 is 1.15 bits per heavy atom. The van der Waals surface area contributed by atoms with E-state index in [2.05, 4.69) is 24.8 Å². The van der Waals surface area contributed by atoms with Gasteiger partial charge in [-0.05, 0) is 12.5 Å². The first-order chi connectivity index (χ1) is 12.8. The maximum Gasteiger partial charge on any atom is 0.280 e. The molecule has 0 atom stereocenters. The zero-order chi connectivity index (χ0) is 19.2. The van der Waals surface area contributed by atoms with Crippen LogP contribution in [0.1, 0.15) is 38.7 Å². The molecule has 9 nitrogen and oxygen atoms in total. The van der Waals surface area contributed by atoms with Gasteiger partial charge in [-0.2, -0.15) is 18.2 Å². The first-order valence-corrected chi connectivity index (χ1v) is 10.2. The van der Waals surface area contributed by atoms with Gasteiger partial charge in [0.05, 0.1) is 11.9 Å². The lowest BCUT2D eigenvalue weighted by Gasteiger charge is -2.13. The zero-order valence-electron chi connectivity index (χ0n) is 15.4. The molecule has 27 heavy (non-hydrogen) atoms. The van der Waals surface area contributed by atoms with Crippen LogP contribution in [0, 0.1) is 0 Å². The molecular formula is C17H21N7O2S. The van der Waals surface area contributed by atoms with Crippen molar-refractivity contribution >= 4 is 15.8 Å². The monoisotopic (exact) mass is 387 g/mol. The van der Waals surface area contributed by atoms with Crippen LogP contribution in [-0.4, -0.2) is 37.7 Å². The Hall–Kier alpha value is -2.75. The van der Waals surface area contributed by atoms with Crippen LogP contribution in [-0.2, 0) is 28.4 Å². The Bertz CT molecular complexity index is 1080. The number of anilines is 1. The van der Waals surface area contributed by atoms with Crippen molar-refractivity contribution in [2.45, 2.75) is 50.6 Å². The van der Waals surface area contributed by atoms with E-state index in [-0.39, 0.29) is 10.4 Å². The van der Waals surface area contributed by atoms with Gasteiger partial charge >= 0.3 is 0 Å². The van der Waals surface area contributed by atoms with E-state index in [0.717, 1.165) is 24.4 Å². The van der Waals surface area contributed by atoms with Gasteiger partial charge in [-0.1, -0.05) is 20.8 Å². The molecule has 3 aromatic rings. The molecule has 142 valence electrons. The van der Waals surface area contributed by atoms with Crippen molar-refractivity contribution in [1.29, 1.82) is 0 Å². The molecular weight excluding hydrogens is 366 g/mol. The van der Waals surface area contributed by atoms with Gasteiger partial charge in [0.25, 0.3) is 16.0 Å². The summed E-state index contributed by atoms with van der Waals surface area (Å²) in [6.07, 6.45) is 6.27. The minimum absolute atomic E-state index is 0.161. The summed E-state index contributed by atoms with van der Waals surface area (Å²) in [5.74, 6) is 1.38. The maximum atomic E-state index is 13.0. The highest BCUT2D eigenvalue weighted by Gasteiger charge is 2.28. The van der Waals surface area contributed by atoms with Gasteiger partial charge in [-0.15, -0.1) is 0 Å². The molecule has 1 aliphatic heterocycles. The van der Waals surface area contributed by atoms with E-state index in [1.807, 2.05) is 20.8 Å². The summed E-state index contributed by atoms with van der Waals surface area (Å²) < 4.78 is 31.8. The lowest BCUT2D eigenvalue weighted by Crippen LogP contribution is -2.19. The second kappa shape index (κ2) is 6.15. The van der Waals surface area contributed by atoms with Crippen LogP contribution in [0.15, 0.2) is 35.7 Å². The molecule has 0 spiro atoms. The summed E-state index contributed by atoms with van der Waals surface area (Å²) in [6.45, 7) is 6.68. The summed E-state index contributed by atoms with van der Waals surface area (Å²) in [7, 11) is -3.82. The normalized spacial score (nSPS) is 14.3. The largest absolute Gasteiger partial charge is 0.318 e. The third-order valence-electron chi connectivity index (χ3n) is 4.42. The van der Waals surface area contributed by atoms with Crippen LogP contribution in [0.3, 0.4) is 0 Å². The minimum atomic E-state index is -3.82. The summed E-state index contributed by atoms with van der Waals surface area (Å²) in [6, 6.07) is 3.41. The quantitative estimate of drug-likeness (QED) is 0.733. The van der Waals surface area contributed by atoms with Crippen molar-refractivity contribution in [2.24, 2.45) is 0 Å². The van der Waals surface area contributed by atoms with Crippen molar-refractivity contribution in [3.8, 4) is 5.95 Å². The van der Waals surface area contributed by atoms with Gasteiger partial charge in [0.15, 0.2) is 5.03 Å². The number of sulfonamides is 1. The third kappa shape index (κ3) is 3.20. The van der Waals surface area contributed by atoms with Gasteiger partial charge in [-0.3, -0.25) is 4.72 Å². The summed E-state index contributed by atoms with van der Waals surface area (Å²) in [5, 5.41) is 4.69. The second-order valence-electron chi connectivity index (χ2n) is 7.50. The highest BCUT2D eigenvalue weighted by Crippen LogP contribution is 2.27. The summed E-state index contributed by atoms with van der Waals surface area (Å²) in [4.78, 5) is 12.6. The molecule has 0 saturated carbocycles. The van der Waals surface area contributed by atoms with Crippen molar-refractivity contribution in [1.82, 2.24) is 29.3 Å². The van der Waals surface area contributed by atoms with E-state index in [1.165, 1.54) is 10.9 Å². The minimum Gasteiger partial charge on any atom is -0.318 e. The first kappa shape index (κ1) is 17.7. The van der Waals surface area contributed by atoms with E-state index < -0.39 is 10.0 Å². The van der Waals surface area contributed by atoms with Crippen molar-refractivity contribution in [3.63, 3.8) is 0 Å². The molecule has 1 aliphatic rings. The molecule has 0 amide bonds. The predicted octanol–water partition coefficient (Wildman–Crippen LogP) is 1.90. The lowest BCUT2D eigenvalue weighted by molar-refractivity contribution is 0.558. The van der Waals surface area contributed by atoms with Gasteiger partial charge in [-0.25, -0.2) is 15.0 Å². The molecule has 0 unspecified atom stereocenters. The number of aryl methyl sites for hydroxylation is 1. The smallest absolute Gasteiger partial charge is 0.280 e. The van der Waals surface area contributed by atoms with Crippen LogP contribution in [0.5, 0.6) is 0 Å². The van der Waals surface area contributed by atoms with Gasteiger partial charge < -0.3 is 4.57 Å². The fraction of sp³-hybridized carbons (Fsp3) is 0.412. The molecule has 1 N–H and O–H groups in total. The van der Waals surface area contributed by atoms with Crippen molar-refractivity contribution in [3.05, 3.63) is 42.2 Å². The fourth-order valence-electron chi connectivity index (χ4n) is 3.01. The maximum absolute atomic E-state index is 13.0. The van der Waals surface area contributed by atoms with E-state index in [1.54, 1.807) is 29.1 Å². The number of fused-ring (bicyclic) bond motifs is 1. The van der Waals surface area contributed by atoms with Crippen LogP contribution >= 0.6 is 0 Å².